The highest BCUT2D eigenvalue weighted by Gasteiger charge is 2.10. The molecule has 2 aromatic rings. The highest BCUT2D eigenvalue weighted by molar-refractivity contribution is 7.99. The van der Waals surface area contributed by atoms with E-state index in [1.54, 1.807) is 6.20 Å². The highest BCUT2D eigenvalue weighted by Crippen LogP contribution is 2.13. The molecule has 0 radical (unpaired) electrons. The lowest BCUT2D eigenvalue weighted by Crippen LogP contribution is -2.34. The Labute approximate surface area is 111 Å². The molecule has 0 aliphatic rings. The summed E-state index contributed by atoms with van der Waals surface area (Å²) in [5, 5.41) is 10.8. The zero-order chi connectivity index (χ0) is 13.0. The van der Waals surface area contributed by atoms with Crippen molar-refractivity contribution in [1.29, 1.82) is 0 Å². The molecular weight excluding hydrogens is 246 g/mol. The Morgan fingerprint density at radius 2 is 2.39 bits per heavy atom. The van der Waals surface area contributed by atoms with Crippen molar-refractivity contribution in [2.45, 2.75) is 19.9 Å². The molecule has 96 valence electrons. The standard InChI is InChI=1S/C13H17N3OS/c1-3-18-8-9(2)15-13(17)10-4-5-11-7-14-16-12(11)6-10/h4-7,9H,3,8H2,1-2H3,(H,14,16)(H,15,17). The number of rotatable bonds is 5. The van der Waals surface area contributed by atoms with Crippen molar-refractivity contribution in [1.82, 2.24) is 15.5 Å². The topological polar surface area (TPSA) is 57.8 Å². The van der Waals surface area contributed by atoms with E-state index in [0.717, 1.165) is 22.4 Å². The first kappa shape index (κ1) is 13.0. The SMILES string of the molecule is CCSCC(C)NC(=O)c1ccc2cn[nH]c2c1. The van der Waals surface area contributed by atoms with Gasteiger partial charge in [0.2, 0.25) is 0 Å². The first-order chi connectivity index (χ1) is 8.70. The summed E-state index contributed by atoms with van der Waals surface area (Å²) in [6, 6.07) is 5.74. The summed E-state index contributed by atoms with van der Waals surface area (Å²) in [6.45, 7) is 4.14. The third kappa shape index (κ3) is 3.04. The van der Waals surface area contributed by atoms with Gasteiger partial charge in [0.1, 0.15) is 0 Å². The molecule has 0 saturated carbocycles. The molecule has 1 aromatic heterocycles. The van der Waals surface area contributed by atoms with E-state index < -0.39 is 0 Å². The summed E-state index contributed by atoms with van der Waals surface area (Å²) in [4.78, 5) is 12.0. The average Bonchev–Trinajstić information content (AvgIpc) is 2.83. The van der Waals surface area contributed by atoms with Crippen LogP contribution < -0.4 is 5.32 Å². The lowest BCUT2D eigenvalue weighted by Gasteiger charge is -2.13. The molecule has 18 heavy (non-hydrogen) atoms. The fraction of sp³-hybridized carbons (Fsp3) is 0.385. The largest absolute Gasteiger partial charge is 0.349 e. The molecule has 1 aromatic carbocycles. The summed E-state index contributed by atoms with van der Waals surface area (Å²) < 4.78 is 0. The van der Waals surface area contributed by atoms with E-state index in [0.29, 0.717) is 5.56 Å². The Hall–Kier alpha value is -1.49. The number of carbonyl (C=O) groups excluding carboxylic acids is 1. The van der Waals surface area contributed by atoms with Crippen molar-refractivity contribution in [3.63, 3.8) is 0 Å². The Balaban J connectivity index is 2.03. The van der Waals surface area contributed by atoms with E-state index in [1.807, 2.05) is 36.9 Å². The van der Waals surface area contributed by atoms with E-state index in [4.69, 9.17) is 0 Å². The van der Waals surface area contributed by atoms with Gasteiger partial charge >= 0.3 is 0 Å². The maximum Gasteiger partial charge on any atom is 0.251 e. The molecule has 0 bridgehead atoms. The van der Waals surface area contributed by atoms with Crippen LogP contribution in [0.4, 0.5) is 0 Å². The second kappa shape index (κ2) is 5.91. The van der Waals surface area contributed by atoms with Crippen molar-refractivity contribution in [2.24, 2.45) is 0 Å². The molecule has 1 heterocycles. The number of aromatic nitrogens is 2. The van der Waals surface area contributed by atoms with Crippen LogP contribution in [-0.2, 0) is 0 Å². The number of hydrogen-bond acceptors (Lipinski definition) is 3. The van der Waals surface area contributed by atoms with Gasteiger partial charge in [0, 0.05) is 22.7 Å². The van der Waals surface area contributed by atoms with Crippen LogP contribution in [0.5, 0.6) is 0 Å². The van der Waals surface area contributed by atoms with Gasteiger partial charge in [-0.25, -0.2) is 0 Å². The van der Waals surface area contributed by atoms with Gasteiger partial charge in [0.15, 0.2) is 0 Å². The summed E-state index contributed by atoms with van der Waals surface area (Å²) in [5.74, 6) is 1.98. The van der Waals surface area contributed by atoms with Gasteiger partial charge in [-0.1, -0.05) is 13.0 Å². The number of nitrogens with zero attached hydrogens (tertiary/aromatic N) is 1. The number of fused-ring (bicyclic) bond motifs is 1. The first-order valence-electron chi connectivity index (χ1n) is 6.02. The predicted octanol–water partition coefficient (Wildman–Crippen LogP) is 2.43. The molecule has 0 aliphatic heterocycles. The monoisotopic (exact) mass is 263 g/mol. The van der Waals surface area contributed by atoms with E-state index >= 15 is 0 Å². The summed E-state index contributed by atoms with van der Waals surface area (Å²) in [5.41, 5.74) is 1.55. The third-order valence-corrected chi connectivity index (χ3v) is 3.80. The number of aromatic amines is 1. The molecule has 5 heteroatoms. The van der Waals surface area contributed by atoms with Crippen molar-refractivity contribution in [3.8, 4) is 0 Å². The third-order valence-electron chi connectivity index (χ3n) is 2.65. The lowest BCUT2D eigenvalue weighted by atomic mass is 10.1. The Morgan fingerprint density at radius 3 is 3.17 bits per heavy atom. The number of H-pyrrole nitrogens is 1. The van der Waals surface area contributed by atoms with Crippen LogP contribution in [0.1, 0.15) is 24.2 Å². The Morgan fingerprint density at radius 1 is 1.56 bits per heavy atom. The van der Waals surface area contributed by atoms with Crippen molar-refractivity contribution in [2.75, 3.05) is 11.5 Å². The normalized spacial score (nSPS) is 12.6. The number of hydrogen-bond donors (Lipinski definition) is 2. The minimum Gasteiger partial charge on any atom is -0.349 e. The second-order valence-corrected chi connectivity index (χ2v) is 5.52. The average molecular weight is 263 g/mol. The van der Waals surface area contributed by atoms with Crippen molar-refractivity contribution < 1.29 is 4.79 Å². The van der Waals surface area contributed by atoms with Crippen LogP contribution in [0.3, 0.4) is 0 Å². The van der Waals surface area contributed by atoms with E-state index in [-0.39, 0.29) is 11.9 Å². The van der Waals surface area contributed by atoms with Gasteiger partial charge in [-0.2, -0.15) is 16.9 Å². The highest BCUT2D eigenvalue weighted by atomic mass is 32.2. The van der Waals surface area contributed by atoms with E-state index in [9.17, 15) is 4.79 Å². The van der Waals surface area contributed by atoms with Crippen LogP contribution in [0, 0.1) is 0 Å². The van der Waals surface area contributed by atoms with Crippen molar-refractivity contribution in [3.05, 3.63) is 30.0 Å². The van der Waals surface area contributed by atoms with Gasteiger partial charge in [-0.15, -0.1) is 0 Å². The van der Waals surface area contributed by atoms with Crippen LogP contribution in [0.2, 0.25) is 0 Å². The minimum atomic E-state index is -0.0318. The number of thioether (sulfide) groups is 1. The Kier molecular flexibility index (Phi) is 4.25. The molecular formula is C13H17N3OS. The van der Waals surface area contributed by atoms with Gasteiger partial charge in [0.05, 0.1) is 11.7 Å². The Bertz CT molecular complexity index is 538. The molecule has 1 atom stereocenters. The van der Waals surface area contributed by atoms with Gasteiger partial charge in [0.25, 0.3) is 5.91 Å². The quantitative estimate of drug-likeness (QED) is 0.871. The molecule has 1 unspecified atom stereocenters. The van der Waals surface area contributed by atoms with Crippen LogP contribution >= 0.6 is 11.8 Å². The van der Waals surface area contributed by atoms with Crippen LogP contribution in [-0.4, -0.2) is 33.7 Å². The number of nitrogens with one attached hydrogen (secondary N) is 2. The fourth-order valence-corrected chi connectivity index (χ4v) is 2.39. The van der Waals surface area contributed by atoms with Gasteiger partial charge in [-0.3, -0.25) is 9.89 Å². The minimum absolute atomic E-state index is 0.0318. The van der Waals surface area contributed by atoms with Crippen LogP contribution in [0.25, 0.3) is 10.9 Å². The molecule has 0 fully saturated rings. The smallest absolute Gasteiger partial charge is 0.251 e. The van der Waals surface area contributed by atoms with Crippen molar-refractivity contribution >= 4 is 28.6 Å². The van der Waals surface area contributed by atoms with E-state index in [2.05, 4.69) is 22.4 Å². The van der Waals surface area contributed by atoms with Gasteiger partial charge in [-0.05, 0) is 24.8 Å². The summed E-state index contributed by atoms with van der Waals surface area (Å²) >= 11 is 1.83. The maximum atomic E-state index is 12.0. The molecule has 4 nitrogen and oxygen atoms in total. The first-order valence-corrected chi connectivity index (χ1v) is 7.18. The van der Waals surface area contributed by atoms with Crippen LogP contribution in [0.15, 0.2) is 24.4 Å². The number of benzene rings is 1. The molecule has 0 aliphatic carbocycles. The molecule has 0 saturated heterocycles. The molecule has 2 N–H and O–H groups in total. The van der Waals surface area contributed by atoms with Gasteiger partial charge < -0.3 is 5.32 Å². The maximum absolute atomic E-state index is 12.0. The number of carbonyl (C=O) groups is 1. The second-order valence-electron chi connectivity index (χ2n) is 4.21. The predicted molar refractivity (Wildman–Crippen MR) is 76.0 cm³/mol. The summed E-state index contributed by atoms with van der Waals surface area (Å²) in [6.07, 6.45) is 1.75. The zero-order valence-corrected chi connectivity index (χ0v) is 11.4. The molecule has 2 rings (SSSR count). The fourth-order valence-electron chi connectivity index (χ4n) is 1.72. The lowest BCUT2D eigenvalue weighted by molar-refractivity contribution is 0.0944. The summed E-state index contributed by atoms with van der Waals surface area (Å²) in [7, 11) is 0. The molecule has 0 spiro atoms. The zero-order valence-electron chi connectivity index (χ0n) is 10.6. The number of amides is 1. The molecule has 1 amide bonds. The van der Waals surface area contributed by atoms with E-state index in [1.165, 1.54) is 0 Å².